The number of aryl methyl sites for hydroxylation is 1. The Morgan fingerprint density at radius 1 is 1.13 bits per heavy atom. The van der Waals surface area contributed by atoms with E-state index in [1.807, 2.05) is 0 Å². The second-order valence-electron chi connectivity index (χ2n) is 8.29. The van der Waals surface area contributed by atoms with Crippen LogP contribution in [-0.2, 0) is 21.0 Å². The number of fused-ring (bicyclic) bond motifs is 1. The number of rotatable bonds is 15. The van der Waals surface area contributed by atoms with Crippen LogP contribution in [0.4, 0.5) is 4.39 Å². The van der Waals surface area contributed by atoms with Crippen molar-refractivity contribution in [3.05, 3.63) is 47.3 Å². The molecule has 0 bridgehead atoms. The molecule has 1 unspecified atom stereocenters. The molecular formula is C24H30FN4O7PS2. The SMILES string of the molecule is CCc1c(S(=O)(=O)NCP(=O)(O)Oc2ccc(C#N)c(F)c2)sc2cc(OCCCN)c(OCCCN)cc12. The minimum atomic E-state index is -4.58. The summed E-state index contributed by atoms with van der Waals surface area (Å²) in [6.45, 7) is 3.38. The Morgan fingerprint density at radius 2 is 1.77 bits per heavy atom. The molecule has 0 aliphatic heterocycles. The number of hydrogen-bond acceptors (Lipinski definition) is 10. The highest BCUT2D eigenvalue weighted by Gasteiger charge is 2.29. The first kappa shape index (κ1) is 30.8. The van der Waals surface area contributed by atoms with Gasteiger partial charge in [0, 0.05) is 22.2 Å². The van der Waals surface area contributed by atoms with Gasteiger partial charge >= 0.3 is 7.60 Å². The third-order valence-electron chi connectivity index (χ3n) is 5.39. The molecule has 1 aromatic heterocycles. The highest BCUT2D eigenvalue weighted by atomic mass is 32.2. The summed E-state index contributed by atoms with van der Waals surface area (Å²) in [5.74, 6) is -0.375. The number of hydrogen-bond donors (Lipinski definition) is 4. The summed E-state index contributed by atoms with van der Waals surface area (Å²) in [6, 6.07) is 8.04. The number of nitrogens with two attached hydrogens (primary N) is 2. The number of nitrogens with one attached hydrogen (secondary N) is 1. The maximum Gasteiger partial charge on any atom is 0.391 e. The molecule has 15 heteroatoms. The van der Waals surface area contributed by atoms with Crippen LogP contribution in [0.1, 0.15) is 30.9 Å². The van der Waals surface area contributed by atoms with Crippen molar-refractivity contribution >= 4 is 39.0 Å². The quantitative estimate of drug-likeness (QED) is 0.149. The van der Waals surface area contributed by atoms with Crippen molar-refractivity contribution < 1.29 is 36.3 Å². The minimum Gasteiger partial charge on any atom is -0.490 e. The number of sulfonamides is 1. The van der Waals surface area contributed by atoms with Gasteiger partial charge in [-0.3, -0.25) is 0 Å². The van der Waals surface area contributed by atoms with E-state index in [9.17, 15) is 22.3 Å². The van der Waals surface area contributed by atoms with Crippen LogP contribution in [0.3, 0.4) is 0 Å². The van der Waals surface area contributed by atoms with Gasteiger partial charge in [0.15, 0.2) is 11.5 Å². The van der Waals surface area contributed by atoms with E-state index in [0.717, 1.165) is 29.5 Å². The van der Waals surface area contributed by atoms with Crippen molar-refractivity contribution in [2.45, 2.75) is 30.4 Å². The summed E-state index contributed by atoms with van der Waals surface area (Å²) >= 11 is 0.983. The summed E-state index contributed by atoms with van der Waals surface area (Å²) in [7, 11) is -8.83. The van der Waals surface area contributed by atoms with Crippen molar-refractivity contribution in [3.8, 4) is 23.3 Å². The minimum absolute atomic E-state index is 0.0311. The lowest BCUT2D eigenvalue weighted by molar-refractivity contribution is 0.266. The standard InChI is InChI=1S/C24H30FN4O7PS2/c1-2-18-19-12-21(34-9-3-7-26)22(35-10-4-8-27)13-23(19)38-24(18)39(32,33)29-15-37(30,31)36-17-6-5-16(14-28)20(25)11-17/h5-6,11-13,29H,2-4,7-10,15,26-27H2,1H3,(H,30,31). The van der Waals surface area contributed by atoms with Gasteiger partial charge in [-0.2, -0.15) is 9.98 Å². The largest absolute Gasteiger partial charge is 0.490 e. The molecule has 0 fully saturated rings. The van der Waals surface area contributed by atoms with Crippen LogP contribution in [-0.4, -0.2) is 45.9 Å². The molecule has 0 spiro atoms. The van der Waals surface area contributed by atoms with Gasteiger partial charge < -0.3 is 30.4 Å². The Bertz CT molecular complexity index is 1510. The number of ether oxygens (including phenoxy) is 2. The zero-order valence-electron chi connectivity index (χ0n) is 21.2. The molecule has 11 nitrogen and oxygen atoms in total. The highest BCUT2D eigenvalue weighted by molar-refractivity contribution is 7.92. The number of nitriles is 1. The van der Waals surface area contributed by atoms with Crippen LogP contribution in [0, 0.1) is 17.1 Å². The third-order valence-corrected chi connectivity index (χ3v) is 9.82. The summed E-state index contributed by atoms with van der Waals surface area (Å²) in [5.41, 5.74) is 11.4. The third kappa shape index (κ3) is 7.89. The average Bonchev–Trinajstić information content (AvgIpc) is 3.26. The van der Waals surface area contributed by atoms with Crippen molar-refractivity contribution in [2.75, 3.05) is 32.6 Å². The number of halogens is 1. The molecule has 0 aliphatic carbocycles. The van der Waals surface area contributed by atoms with Gasteiger partial charge in [0.05, 0.1) is 18.8 Å². The molecular weight excluding hydrogens is 570 g/mol. The van der Waals surface area contributed by atoms with Gasteiger partial charge in [0.2, 0.25) is 0 Å². The fraction of sp³-hybridized carbons (Fsp3) is 0.375. The van der Waals surface area contributed by atoms with E-state index < -0.39 is 29.7 Å². The van der Waals surface area contributed by atoms with E-state index in [1.165, 1.54) is 0 Å². The number of thiophene rings is 1. The molecule has 39 heavy (non-hydrogen) atoms. The second-order valence-corrected chi connectivity index (χ2v) is 13.1. The first-order valence-corrected chi connectivity index (χ1v) is 16.1. The number of benzene rings is 2. The van der Waals surface area contributed by atoms with Crippen molar-refractivity contribution in [1.82, 2.24) is 4.72 Å². The van der Waals surface area contributed by atoms with Crippen LogP contribution < -0.4 is 30.2 Å². The normalized spacial score (nSPS) is 13.1. The van der Waals surface area contributed by atoms with E-state index in [0.29, 0.717) is 72.7 Å². The predicted molar refractivity (Wildman–Crippen MR) is 146 cm³/mol. The molecule has 1 heterocycles. The van der Waals surface area contributed by atoms with E-state index in [-0.39, 0.29) is 15.5 Å². The molecule has 0 aliphatic rings. The van der Waals surface area contributed by atoms with Crippen LogP contribution in [0.25, 0.3) is 10.1 Å². The maximum absolute atomic E-state index is 13.8. The van der Waals surface area contributed by atoms with Crippen LogP contribution in [0.5, 0.6) is 17.2 Å². The van der Waals surface area contributed by atoms with Crippen molar-refractivity contribution in [2.24, 2.45) is 11.5 Å². The van der Waals surface area contributed by atoms with Gasteiger partial charge in [-0.05, 0) is 56.1 Å². The second kappa shape index (κ2) is 13.5. The van der Waals surface area contributed by atoms with E-state index in [4.69, 9.17) is 30.7 Å². The molecule has 2 aromatic carbocycles. The molecule has 3 rings (SSSR count). The average molecular weight is 601 g/mol. The summed E-state index contributed by atoms with van der Waals surface area (Å²) in [5, 5.41) is 9.46. The molecule has 3 aromatic rings. The Morgan fingerprint density at radius 3 is 2.33 bits per heavy atom. The van der Waals surface area contributed by atoms with Gasteiger partial charge in [-0.15, -0.1) is 11.3 Å². The Balaban J connectivity index is 1.88. The fourth-order valence-electron chi connectivity index (χ4n) is 3.51. The topological polar surface area (TPSA) is 187 Å². The first-order chi connectivity index (χ1) is 18.5. The van der Waals surface area contributed by atoms with Gasteiger partial charge in [-0.25, -0.2) is 17.4 Å². The molecule has 212 valence electrons. The lowest BCUT2D eigenvalue weighted by atomic mass is 10.1. The molecule has 0 saturated carbocycles. The first-order valence-electron chi connectivity index (χ1n) is 12.0. The van der Waals surface area contributed by atoms with Crippen molar-refractivity contribution in [1.29, 1.82) is 5.26 Å². The summed E-state index contributed by atoms with van der Waals surface area (Å²) in [6.07, 6.45) is 0.623. The maximum atomic E-state index is 13.8. The lowest BCUT2D eigenvalue weighted by Gasteiger charge is -2.14. The zero-order valence-corrected chi connectivity index (χ0v) is 23.7. The fourth-order valence-corrected chi connectivity index (χ4v) is 7.98. The lowest BCUT2D eigenvalue weighted by Crippen LogP contribution is -2.26. The van der Waals surface area contributed by atoms with Gasteiger partial charge in [-0.1, -0.05) is 6.92 Å². The van der Waals surface area contributed by atoms with Crippen LogP contribution in [0.15, 0.2) is 34.5 Å². The Labute approximate surface area is 230 Å². The summed E-state index contributed by atoms with van der Waals surface area (Å²) < 4.78 is 72.2. The smallest absolute Gasteiger partial charge is 0.391 e. The molecule has 6 N–H and O–H groups in total. The zero-order chi connectivity index (χ0) is 28.6. The van der Waals surface area contributed by atoms with Gasteiger partial charge in [0.25, 0.3) is 10.0 Å². The van der Waals surface area contributed by atoms with Crippen LogP contribution >= 0.6 is 18.9 Å². The Hall–Kier alpha value is -2.76. The van der Waals surface area contributed by atoms with Gasteiger partial charge in [0.1, 0.15) is 28.1 Å². The number of nitrogens with zero attached hydrogens (tertiary/aromatic N) is 1. The Kier molecular flexibility index (Phi) is 10.7. The van der Waals surface area contributed by atoms with Crippen LogP contribution in [0.2, 0.25) is 0 Å². The van der Waals surface area contributed by atoms with E-state index >= 15 is 0 Å². The predicted octanol–water partition coefficient (Wildman–Crippen LogP) is 3.43. The van der Waals surface area contributed by atoms with E-state index in [2.05, 4.69) is 4.72 Å². The molecule has 0 saturated heterocycles. The summed E-state index contributed by atoms with van der Waals surface area (Å²) in [4.78, 5) is 10.2. The van der Waals surface area contributed by atoms with E-state index in [1.54, 1.807) is 25.1 Å². The molecule has 1 atom stereocenters. The molecule has 0 radical (unpaired) electrons. The highest BCUT2D eigenvalue weighted by Crippen LogP contribution is 2.44. The molecule has 0 amide bonds. The monoisotopic (exact) mass is 600 g/mol. The van der Waals surface area contributed by atoms with Crippen molar-refractivity contribution in [3.63, 3.8) is 0 Å².